The van der Waals surface area contributed by atoms with Crippen LogP contribution in [0.1, 0.15) is 23.7 Å². The summed E-state index contributed by atoms with van der Waals surface area (Å²) in [5.41, 5.74) is 3.89. The first-order valence-electron chi connectivity index (χ1n) is 7.40. The summed E-state index contributed by atoms with van der Waals surface area (Å²) in [6.45, 7) is 2.94. The Bertz CT molecular complexity index is 922. The molecule has 1 atom stereocenters. The van der Waals surface area contributed by atoms with Crippen LogP contribution in [0, 0.1) is 6.92 Å². The molecule has 2 aromatic rings. The Morgan fingerprint density at radius 2 is 2.04 bits per heavy atom. The molecule has 1 aliphatic rings. The van der Waals surface area contributed by atoms with Crippen molar-refractivity contribution in [1.82, 2.24) is 9.97 Å². The quantitative estimate of drug-likeness (QED) is 0.865. The van der Waals surface area contributed by atoms with Crippen molar-refractivity contribution in [2.24, 2.45) is 5.73 Å². The molecule has 3 heterocycles. The molecule has 6 nitrogen and oxygen atoms in total. The lowest BCUT2D eigenvalue weighted by atomic mass is 9.96. The van der Waals surface area contributed by atoms with Crippen LogP contribution in [0.25, 0.3) is 0 Å². The van der Waals surface area contributed by atoms with Crippen molar-refractivity contribution in [3.05, 3.63) is 51.6 Å². The lowest BCUT2D eigenvalue weighted by Gasteiger charge is -2.34. The molecule has 0 spiro atoms. The summed E-state index contributed by atoms with van der Waals surface area (Å²) >= 11 is 0. The van der Waals surface area contributed by atoms with E-state index in [1.807, 2.05) is 0 Å². The number of carbonyl (C=O) groups is 1. The number of halogens is 3. The average Bonchev–Trinajstić information content (AvgIpc) is 2.78. The van der Waals surface area contributed by atoms with E-state index < -0.39 is 28.7 Å². The Labute approximate surface area is 140 Å². The van der Waals surface area contributed by atoms with Crippen LogP contribution >= 0.6 is 0 Å². The first kappa shape index (κ1) is 17.0. The number of nitrogens with two attached hydrogens (primary N) is 1. The molecule has 9 heteroatoms. The molecule has 2 aromatic heterocycles. The van der Waals surface area contributed by atoms with E-state index >= 15 is 0 Å². The van der Waals surface area contributed by atoms with E-state index in [1.54, 1.807) is 0 Å². The molecule has 0 fully saturated rings. The maximum atomic E-state index is 13.2. The van der Waals surface area contributed by atoms with E-state index in [0.29, 0.717) is 11.3 Å². The van der Waals surface area contributed by atoms with Gasteiger partial charge in [0, 0.05) is 24.4 Å². The van der Waals surface area contributed by atoms with Gasteiger partial charge in [-0.05, 0) is 31.5 Å². The second-order valence-electron chi connectivity index (χ2n) is 6.21. The van der Waals surface area contributed by atoms with Gasteiger partial charge in [-0.2, -0.15) is 13.2 Å². The third kappa shape index (κ3) is 2.75. The van der Waals surface area contributed by atoms with Gasteiger partial charge in [-0.3, -0.25) is 9.59 Å². The molecular weight excluding hydrogens is 337 g/mol. The zero-order valence-corrected chi connectivity index (χ0v) is 13.4. The van der Waals surface area contributed by atoms with Gasteiger partial charge in [0.05, 0.1) is 11.3 Å². The second-order valence-corrected chi connectivity index (χ2v) is 6.21. The SMILES string of the molecule is Cc1cc(C(F)(F)F)cc(N2c3cc(=O)[nH]cc3CC2(C)C(N)=O)n1. The van der Waals surface area contributed by atoms with Crippen LogP contribution in [0.4, 0.5) is 24.7 Å². The fraction of sp³-hybridized carbons (Fsp3) is 0.312. The second kappa shape index (κ2) is 5.33. The number of amides is 1. The lowest BCUT2D eigenvalue weighted by molar-refractivity contribution is -0.137. The van der Waals surface area contributed by atoms with Crippen molar-refractivity contribution in [1.29, 1.82) is 0 Å². The van der Waals surface area contributed by atoms with Crippen molar-refractivity contribution in [2.75, 3.05) is 4.90 Å². The van der Waals surface area contributed by atoms with Crippen molar-refractivity contribution in [2.45, 2.75) is 32.0 Å². The molecule has 0 bridgehead atoms. The maximum Gasteiger partial charge on any atom is 0.416 e. The van der Waals surface area contributed by atoms with Crippen LogP contribution in [0.15, 0.2) is 29.2 Å². The largest absolute Gasteiger partial charge is 0.416 e. The van der Waals surface area contributed by atoms with Gasteiger partial charge in [0.15, 0.2) is 0 Å². The summed E-state index contributed by atoms with van der Waals surface area (Å²) in [5, 5.41) is 0. The molecular formula is C16H15F3N4O2. The van der Waals surface area contributed by atoms with Gasteiger partial charge in [0.2, 0.25) is 11.5 Å². The molecule has 132 valence electrons. The number of pyridine rings is 2. The topological polar surface area (TPSA) is 92.1 Å². The number of nitrogens with one attached hydrogen (secondary N) is 1. The van der Waals surface area contributed by atoms with Gasteiger partial charge in [-0.1, -0.05) is 0 Å². The molecule has 1 aliphatic heterocycles. The van der Waals surface area contributed by atoms with Crippen molar-refractivity contribution < 1.29 is 18.0 Å². The van der Waals surface area contributed by atoms with Gasteiger partial charge in [-0.15, -0.1) is 0 Å². The lowest BCUT2D eigenvalue weighted by Crippen LogP contribution is -2.52. The summed E-state index contributed by atoms with van der Waals surface area (Å²) < 4.78 is 39.5. The van der Waals surface area contributed by atoms with E-state index in [-0.39, 0.29) is 17.9 Å². The zero-order valence-electron chi connectivity index (χ0n) is 13.4. The number of hydrogen-bond acceptors (Lipinski definition) is 4. The Morgan fingerprint density at radius 3 is 2.64 bits per heavy atom. The van der Waals surface area contributed by atoms with E-state index in [4.69, 9.17) is 5.73 Å². The van der Waals surface area contributed by atoms with Gasteiger partial charge in [0.25, 0.3) is 0 Å². The number of fused-ring (bicyclic) bond motifs is 1. The predicted molar refractivity (Wildman–Crippen MR) is 84.5 cm³/mol. The molecule has 0 aliphatic carbocycles. The number of primary amides is 1. The van der Waals surface area contributed by atoms with Gasteiger partial charge < -0.3 is 15.6 Å². The Balaban J connectivity index is 2.27. The molecule has 3 rings (SSSR count). The summed E-state index contributed by atoms with van der Waals surface area (Å²) in [6.07, 6.45) is -2.99. The molecule has 0 aromatic carbocycles. The summed E-state index contributed by atoms with van der Waals surface area (Å²) in [4.78, 5) is 31.7. The highest BCUT2D eigenvalue weighted by molar-refractivity contribution is 5.94. The molecule has 1 unspecified atom stereocenters. The fourth-order valence-electron chi connectivity index (χ4n) is 3.06. The highest BCUT2D eigenvalue weighted by atomic mass is 19.4. The van der Waals surface area contributed by atoms with Crippen LogP contribution in [0.5, 0.6) is 0 Å². The van der Waals surface area contributed by atoms with Crippen LogP contribution in [-0.2, 0) is 17.4 Å². The van der Waals surface area contributed by atoms with E-state index in [0.717, 1.165) is 12.1 Å². The van der Waals surface area contributed by atoms with Crippen molar-refractivity contribution in [3.63, 3.8) is 0 Å². The number of nitrogens with zero attached hydrogens (tertiary/aromatic N) is 2. The van der Waals surface area contributed by atoms with Crippen LogP contribution < -0.4 is 16.2 Å². The molecule has 0 saturated carbocycles. The van der Waals surface area contributed by atoms with Crippen LogP contribution in [-0.4, -0.2) is 21.4 Å². The number of H-pyrrole nitrogens is 1. The molecule has 25 heavy (non-hydrogen) atoms. The smallest absolute Gasteiger partial charge is 0.368 e. The third-order valence-electron chi connectivity index (χ3n) is 4.28. The Hall–Kier alpha value is -2.84. The standard InChI is InChI=1S/C16H15F3N4O2/c1-8-3-10(16(17,18)19)4-12(22-8)23-11-5-13(24)21-7-9(11)6-15(23,2)14(20)25/h3-5,7H,6H2,1-2H3,(H2,20,25)(H,21,24). The summed E-state index contributed by atoms with van der Waals surface area (Å²) in [6, 6.07) is 2.99. The number of anilines is 2. The Kier molecular flexibility index (Phi) is 3.63. The average molecular weight is 352 g/mol. The zero-order chi connectivity index (χ0) is 18.6. The number of carbonyl (C=O) groups excluding carboxylic acids is 1. The maximum absolute atomic E-state index is 13.2. The minimum Gasteiger partial charge on any atom is -0.368 e. The van der Waals surface area contributed by atoms with Gasteiger partial charge >= 0.3 is 6.18 Å². The number of aromatic amines is 1. The van der Waals surface area contributed by atoms with E-state index in [2.05, 4.69) is 9.97 Å². The summed E-state index contributed by atoms with van der Waals surface area (Å²) in [5.74, 6) is -0.814. The third-order valence-corrected chi connectivity index (χ3v) is 4.28. The minimum absolute atomic E-state index is 0.0852. The van der Waals surface area contributed by atoms with Gasteiger partial charge in [-0.25, -0.2) is 4.98 Å². The van der Waals surface area contributed by atoms with Gasteiger partial charge in [0.1, 0.15) is 11.4 Å². The Morgan fingerprint density at radius 1 is 1.36 bits per heavy atom. The summed E-state index contributed by atoms with van der Waals surface area (Å²) in [7, 11) is 0. The predicted octanol–water partition coefficient (Wildman–Crippen LogP) is 2.04. The normalized spacial score (nSPS) is 19.8. The van der Waals surface area contributed by atoms with Crippen LogP contribution in [0.2, 0.25) is 0 Å². The molecule has 0 saturated heterocycles. The first-order valence-corrected chi connectivity index (χ1v) is 7.40. The monoisotopic (exact) mass is 352 g/mol. The number of aryl methyl sites for hydroxylation is 1. The highest BCUT2D eigenvalue weighted by Gasteiger charge is 2.47. The number of rotatable bonds is 2. The molecule has 3 N–H and O–H groups in total. The number of aromatic nitrogens is 2. The van der Waals surface area contributed by atoms with Crippen molar-refractivity contribution >= 4 is 17.4 Å². The molecule has 0 radical (unpaired) electrons. The number of alkyl halides is 3. The highest BCUT2D eigenvalue weighted by Crippen LogP contribution is 2.43. The van der Waals surface area contributed by atoms with Crippen molar-refractivity contribution in [3.8, 4) is 0 Å². The van der Waals surface area contributed by atoms with E-state index in [1.165, 1.54) is 31.0 Å². The first-order chi connectivity index (χ1) is 11.5. The van der Waals surface area contributed by atoms with Crippen LogP contribution in [0.3, 0.4) is 0 Å². The number of hydrogen-bond donors (Lipinski definition) is 2. The van der Waals surface area contributed by atoms with E-state index in [9.17, 15) is 22.8 Å². The fourth-order valence-corrected chi connectivity index (χ4v) is 3.06. The minimum atomic E-state index is -4.57. The molecule has 1 amide bonds.